The molecule has 0 spiro atoms. The van der Waals surface area contributed by atoms with Gasteiger partial charge in [-0.25, -0.2) is 0 Å². The van der Waals surface area contributed by atoms with Crippen molar-refractivity contribution < 1.29 is 14.6 Å². The van der Waals surface area contributed by atoms with Crippen LogP contribution in [0, 0.1) is 5.92 Å². The Hall–Kier alpha value is -1.55. The highest BCUT2D eigenvalue weighted by Crippen LogP contribution is 2.36. The zero-order chi connectivity index (χ0) is 13.1. The summed E-state index contributed by atoms with van der Waals surface area (Å²) in [6.45, 7) is 0.595. The molecule has 1 aromatic carbocycles. The summed E-state index contributed by atoms with van der Waals surface area (Å²) >= 11 is 0. The molecule has 98 valence electrons. The highest BCUT2D eigenvalue weighted by molar-refractivity contribution is 5.74. The number of nitrogens with zero attached hydrogens (tertiary/aromatic N) is 1. The maximum absolute atomic E-state index is 11.3. The molecule has 1 fully saturated rings. The van der Waals surface area contributed by atoms with Crippen LogP contribution in [0.25, 0.3) is 0 Å². The van der Waals surface area contributed by atoms with Gasteiger partial charge in [-0.1, -0.05) is 18.2 Å². The van der Waals surface area contributed by atoms with Crippen molar-refractivity contribution in [3.8, 4) is 5.75 Å². The fraction of sp³-hybridized carbons (Fsp3) is 0.500. The smallest absolute Gasteiger partial charge is 0.321 e. The van der Waals surface area contributed by atoms with Gasteiger partial charge in [0.05, 0.1) is 7.11 Å². The van der Waals surface area contributed by atoms with Crippen molar-refractivity contribution in [2.75, 3.05) is 14.2 Å². The van der Waals surface area contributed by atoms with Crippen molar-refractivity contribution in [3.63, 3.8) is 0 Å². The molecule has 4 nitrogen and oxygen atoms in total. The first-order valence-corrected chi connectivity index (χ1v) is 6.18. The van der Waals surface area contributed by atoms with Crippen molar-refractivity contribution in [1.29, 1.82) is 0 Å². The lowest BCUT2D eigenvalue weighted by Gasteiger charge is -2.25. The number of hydrogen-bond donors (Lipinski definition) is 1. The molecule has 18 heavy (non-hydrogen) atoms. The number of methoxy groups -OCH3 is 1. The van der Waals surface area contributed by atoms with E-state index < -0.39 is 5.97 Å². The van der Waals surface area contributed by atoms with Crippen molar-refractivity contribution in [1.82, 2.24) is 4.90 Å². The SMILES string of the molecule is COc1ccccc1CN(C)C(C(=O)O)C1CC1. The minimum Gasteiger partial charge on any atom is -0.496 e. The largest absolute Gasteiger partial charge is 0.496 e. The number of rotatable bonds is 6. The minimum atomic E-state index is -0.727. The van der Waals surface area contributed by atoms with E-state index in [1.807, 2.05) is 36.2 Å². The van der Waals surface area contributed by atoms with Crippen molar-refractivity contribution in [2.24, 2.45) is 5.92 Å². The molecule has 0 saturated heterocycles. The minimum absolute atomic E-state index is 0.308. The number of ether oxygens (including phenoxy) is 1. The van der Waals surface area contributed by atoms with Gasteiger partial charge in [-0.3, -0.25) is 9.69 Å². The first-order chi connectivity index (χ1) is 8.63. The van der Waals surface area contributed by atoms with Crippen LogP contribution in [-0.2, 0) is 11.3 Å². The molecule has 0 amide bonds. The predicted octanol–water partition coefficient (Wildman–Crippen LogP) is 1.99. The zero-order valence-electron chi connectivity index (χ0n) is 10.8. The van der Waals surface area contributed by atoms with Crippen LogP contribution in [0.3, 0.4) is 0 Å². The third-order valence-electron chi connectivity index (χ3n) is 3.41. The Morgan fingerprint density at radius 3 is 2.72 bits per heavy atom. The molecule has 1 aromatic rings. The lowest BCUT2D eigenvalue weighted by molar-refractivity contribution is -0.143. The highest BCUT2D eigenvalue weighted by atomic mass is 16.5. The van der Waals surface area contributed by atoms with Gasteiger partial charge in [0, 0.05) is 12.1 Å². The third-order valence-corrected chi connectivity index (χ3v) is 3.41. The maximum atomic E-state index is 11.3. The number of benzene rings is 1. The van der Waals surface area contributed by atoms with E-state index in [1.165, 1.54) is 0 Å². The molecule has 1 N–H and O–H groups in total. The van der Waals surface area contributed by atoms with Crippen molar-refractivity contribution in [2.45, 2.75) is 25.4 Å². The van der Waals surface area contributed by atoms with Crippen LogP contribution in [-0.4, -0.2) is 36.2 Å². The van der Waals surface area contributed by atoms with Gasteiger partial charge in [0.1, 0.15) is 11.8 Å². The lowest BCUT2D eigenvalue weighted by atomic mass is 10.1. The summed E-state index contributed by atoms with van der Waals surface area (Å²) < 4.78 is 5.29. The molecular formula is C14H19NO3. The first-order valence-electron chi connectivity index (χ1n) is 6.18. The molecule has 0 aromatic heterocycles. The average Bonchev–Trinajstić information content (AvgIpc) is 3.14. The molecule has 1 atom stereocenters. The summed E-state index contributed by atoms with van der Waals surface area (Å²) in [5.74, 6) is 0.390. The van der Waals surface area contributed by atoms with Crippen LogP contribution in [0.15, 0.2) is 24.3 Å². The average molecular weight is 249 g/mol. The van der Waals surface area contributed by atoms with Gasteiger partial charge in [0.25, 0.3) is 0 Å². The Bertz CT molecular complexity index is 429. The normalized spacial score (nSPS) is 16.6. The van der Waals surface area contributed by atoms with Gasteiger partial charge in [0.2, 0.25) is 0 Å². The fourth-order valence-electron chi connectivity index (χ4n) is 2.36. The molecular weight excluding hydrogens is 230 g/mol. The Balaban J connectivity index is 2.09. The van der Waals surface area contributed by atoms with Gasteiger partial charge in [0.15, 0.2) is 0 Å². The second kappa shape index (κ2) is 5.40. The summed E-state index contributed by atoms with van der Waals surface area (Å²) in [7, 11) is 3.50. The first kappa shape index (κ1) is 12.9. The van der Waals surface area contributed by atoms with Crippen LogP contribution < -0.4 is 4.74 Å². The van der Waals surface area contributed by atoms with E-state index in [2.05, 4.69) is 0 Å². The van der Waals surface area contributed by atoms with E-state index in [-0.39, 0.29) is 6.04 Å². The molecule has 2 rings (SSSR count). The van der Waals surface area contributed by atoms with E-state index in [0.717, 1.165) is 24.2 Å². The van der Waals surface area contributed by atoms with Crippen LogP contribution in [0.1, 0.15) is 18.4 Å². The molecule has 1 aliphatic carbocycles. The van der Waals surface area contributed by atoms with E-state index in [0.29, 0.717) is 12.5 Å². The number of para-hydroxylation sites is 1. The van der Waals surface area contributed by atoms with E-state index in [1.54, 1.807) is 7.11 Å². The molecule has 0 heterocycles. The van der Waals surface area contributed by atoms with E-state index in [9.17, 15) is 9.90 Å². The topological polar surface area (TPSA) is 49.8 Å². The van der Waals surface area contributed by atoms with Crippen LogP contribution in [0.5, 0.6) is 5.75 Å². The van der Waals surface area contributed by atoms with Gasteiger partial charge in [-0.05, 0) is 31.9 Å². The van der Waals surface area contributed by atoms with Gasteiger partial charge in [-0.15, -0.1) is 0 Å². The monoisotopic (exact) mass is 249 g/mol. The van der Waals surface area contributed by atoms with Crippen LogP contribution in [0.2, 0.25) is 0 Å². The standard InChI is InChI=1S/C14H19NO3/c1-15(13(14(16)17)10-7-8-10)9-11-5-3-4-6-12(11)18-2/h3-6,10,13H,7-9H2,1-2H3,(H,16,17). The van der Waals surface area contributed by atoms with Crippen molar-refractivity contribution in [3.05, 3.63) is 29.8 Å². The molecule has 0 radical (unpaired) electrons. The predicted molar refractivity (Wildman–Crippen MR) is 68.6 cm³/mol. The Morgan fingerprint density at radius 2 is 2.17 bits per heavy atom. The fourth-order valence-corrected chi connectivity index (χ4v) is 2.36. The second-order valence-corrected chi connectivity index (χ2v) is 4.85. The molecule has 1 aliphatic rings. The van der Waals surface area contributed by atoms with E-state index >= 15 is 0 Å². The highest BCUT2D eigenvalue weighted by Gasteiger charge is 2.38. The number of carboxylic acid groups (broad SMARTS) is 1. The number of aliphatic carboxylic acids is 1. The molecule has 0 aliphatic heterocycles. The summed E-state index contributed by atoms with van der Waals surface area (Å²) in [5, 5.41) is 9.29. The van der Waals surface area contributed by atoms with Crippen LogP contribution in [0.4, 0.5) is 0 Å². The summed E-state index contributed by atoms with van der Waals surface area (Å²) in [6, 6.07) is 7.35. The molecule has 4 heteroatoms. The van der Waals surface area contributed by atoms with Gasteiger partial charge in [-0.2, -0.15) is 0 Å². The summed E-state index contributed by atoms with van der Waals surface area (Å²) in [4.78, 5) is 13.2. The lowest BCUT2D eigenvalue weighted by Crippen LogP contribution is -2.39. The number of carbonyl (C=O) groups is 1. The number of likely N-dealkylation sites (N-methyl/N-ethyl adjacent to an activating group) is 1. The number of hydrogen-bond acceptors (Lipinski definition) is 3. The third kappa shape index (κ3) is 2.82. The second-order valence-electron chi connectivity index (χ2n) is 4.85. The van der Waals surface area contributed by atoms with Gasteiger partial charge < -0.3 is 9.84 Å². The molecule has 1 unspecified atom stereocenters. The summed E-state index contributed by atoms with van der Waals surface area (Å²) in [6.07, 6.45) is 2.04. The maximum Gasteiger partial charge on any atom is 0.321 e. The molecule has 1 saturated carbocycles. The Kier molecular flexibility index (Phi) is 3.87. The van der Waals surface area contributed by atoms with E-state index in [4.69, 9.17) is 4.74 Å². The zero-order valence-corrected chi connectivity index (χ0v) is 10.8. The number of carboxylic acids is 1. The summed E-state index contributed by atoms with van der Waals surface area (Å²) in [5.41, 5.74) is 1.02. The Morgan fingerprint density at radius 1 is 1.50 bits per heavy atom. The molecule has 0 bridgehead atoms. The van der Waals surface area contributed by atoms with Gasteiger partial charge >= 0.3 is 5.97 Å². The Labute approximate surface area is 107 Å². The van der Waals surface area contributed by atoms with Crippen molar-refractivity contribution >= 4 is 5.97 Å². The quantitative estimate of drug-likeness (QED) is 0.837. The van der Waals surface area contributed by atoms with Crippen LogP contribution >= 0.6 is 0 Å².